The molecule has 1 heterocycles. The van der Waals surface area contributed by atoms with E-state index in [0.29, 0.717) is 37.6 Å². The summed E-state index contributed by atoms with van der Waals surface area (Å²) in [5.74, 6) is -0.0182. The van der Waals surface area contributed by atoms with Crippen LogP contribution in [0.3, 0.4) is 0 Å². The molecule has 0 aliphatic carbocycles. The van der Waals surface area contributed by atoms with Gasteiger partial charge < -0.3 is 5.32 Å². The number of hydrogen-bond donors (Lipinski definition) is 1. The van der Waals surface area contributed by atoms with Crippen LogP contribution in [-0.2, 0) is 21.2 Å². The van der Waals surface area contributed by atoms with Crippen LogP contribution < -0.4 is 5.32 Å². The highest BCUT2D eigenvalue weighted by Crippen LogP contribution is 2.18. The molecule has 7 heteroatoms. The zero-order valence-electron chi connectivity index (χ0n) is 16.1. The average molecular weight is 402 g/mol. The van der Waals surface area contributed by atoms with Crippen LogP contribution >= 0.6 is 0 Å². The second-order valence-electron chi connectivity index (χ2n) is 6.96. The summed E-state index contributed by atoms with van der Waals surface area (Å²) in [5.41, 5.74) is 1.19. The molecule has 0 radical (unpaired) electrons. The van der Waals surface area contributed by atoms with Gasteiger partial charge in [0.25, 0.3) is 0 Å². The summed E-state index contributed by atoms with van der Waals surface area (Å²) in [6.07, 6.45) is 0.794. The molecule has 3 rings (SSSR count). The third-order valence-electron chi connectivity index (χ3n) is 5.14. The van der Waals surface area contributed by atoms with Gasteiger partial charge in [0.05, 0.1) is 10.9 Å². The van der Waals surface area contributed by atoms with Gasteiger partial charge in [-0.25, -0.2) is 8.42 Å². The van der Waals surface area contributed by atoms with E-state index in [1.54, 1.807) is 30.3 Å². The molecule has 1 fully saturated rings. The highest BCUT2D eigenvalue weighted by Gasteiger charge is 2.31. The number of nitrogens with zero attached hydrogens (tertiary/aromatic N) is 2. The zero-order valence-corrected chi connectivity index (χ0v) is 16.9. The van der Waals surface area contributed by atoms with Gasteiger partial charge in [-0.3, -0.25) is 9.69 Å². The lowest BCUT2D eigenvalue weighted by molar-refractivity contribution is -0.126. The van der Waals surface area contributed by atoms with Gasteiger partial charge in [0.1, 0.15) is 0 Å². The summed E-state index contributed by atoms with van der Waals surface area (Å²) in [5, 5.41) is 2.98. The summed E-state index contributed by atoms with van der Waals surface area (Å²) in [7, 11) is -3.47. The molecule has 0 saturated carbocycles. The third kappa shape index (κ3) is 4.98. The lowest BCUT2D eigenvalue weighted by Gasteiger charge is -2.36. The van der Waals surface area contributed by atoms with Crippen molar-refractivity contribution in [1.29, 1.82) is 0 Å². The van der Waals surface area contributed by atoms with Crippen molar-refractivity contribution in [2.45, 2.75) is 24.3 Å². The second-order valence-corrected chi connectivity index (χ2v) is 8.89. The van der Waals surface area contributed by atoms with Crippen LogP contribution in [0.4, 0.5) is 0 Å². The number of piperazine rings is 1. The maximum absolute atomic E-state index is 12.7. The Morgan fingerprint density at radius 2 is 1.54 bits per heavy atom. The Balaban J connectivity index is 1.48. The Kier molecular flexibility index (Phi) is 6.83. The highest BCUT2D eigenvalue weighted by atomic mass is 32.2. The molecule has 1 saturated heterocycles. The summed E-state index contributed by atoms with van der Waals surface area (Å²) in [4.78, 5) is 14.8. The molecule has 6 nitrogen and oxygen atoms in total. The second kappa shape index (κ2) is 9.32. The number of rotatable bonds is 7. The van der Waals surface area contributed by atoms with Crippen LogP contribution in [0.15, 0.2) is 65.6 Å². The number of amides is 1. The van der Waals surface area contributed by atoms with E-state index in [9.17, 15) is 13.2 Å². The third-order valence-corrected chi connectivity index (χ3v) is 7.05. The Morgan fingerprint density at radius 3 is 2.14 bits per heavy atom. The van der Waals surface area contributed by atoms with Gasteiger partial charge >= 0.3 is 0 Å². The molecule has 0 unspecified atom stereocenters. The first-order valence-electron chi connectivity index (χ1n) is 9.59. The van der Waals surface area contributed by atoms with Gasteiger partial charge in [0.2, 0.25) is 15.9 Å². The molecular weight excluding hydrogens is 374 g/mol. The summed E-state index contributed by atoms with van der Waals surface area (Å²) in [6.45, 7) is 4.32. The minimum Gasteiger partial charge on any atom is -0.354 e. The van der Waals surface area contributed by atoms with E-state index in [4.69, 9.17) is 0 Å². The predicted octanol–water partition coefficient (Wildman–Crippen LogP) is 1.74. The smallest absolute Gasteiger partial charge is 0.243 e. The first-order chi connectivity index (χ1) is 13.5. The van der Waals surface area contributed by atoms with Crippen molar-refractivity contribution < 1.29 is 13.2 Å². The maximum Gasteiger partial charge on any atom is 0.243 e. The van der Waals surface area contributed by atoms with Crippen molar-refractivity contribution in [1.82, 2.24) is 14.5 Å². The van der Waals surface area contributed by atoms with Crippen molar-refractivity contribution in [3.63, 3.8) is 0 Å². The van der Waals surface area contributed by atoms with Crippen LogP contribution in [0.1, 0.15) is 12.5 Å². The van der Waals surface area contributed by atoms with E-state index >= 15 is 0 Å². The minimum absolute atomic E-state index is 0.0182. The molecule has 0 spiro atoms. The number of hydrogen-bond acceptors (Lipinski definition) is 4. The molecule has 1 amide bonds. The van der Waals surface area contributed by atoms with E-state index in [-0.39, 0.29) is 11.9 Å². The zero-order chi connectivity index (χ0) is 20.0. The summed E-state index contributed by atoms with van der Waals surface area (Å²) in [6, 6.07) is 18.2. The Morgan fingerprint density at radius 1 is 0.964 bits per heavy atom. The van der Waals surface area contributed by atoms with Crippen LogP contribution in [-0.4, -0.2) is 62.3 Å². The molecule has 2 aromatic carbocycles. The van der Waals surface area contributed by atoms with E-state index in [2.05, 4.69) is 5.32 Å². The molecule has 1 aliphatic rings. The predicted molar refractivity (Wildman–Crippen MR) is 109 cm³/mol. The molecule has 1 aliphatic heterocycles. The normalized spacial score (nSPS) is 17.2. The lowest BCUT2D eigenvalue weighted by atomic mass is 10.1. The topological polar surface area (TPSA) is 69.7 Å². The van der Waals surface area contributed by atoms with E-state index < -0.39 is 10.0 Å². The number of carbonyl (C=O) groups is 1. The van der Waals surface area contributed by atoms with Crippen molar-refractivity contribution >= 4 is 15.9 Å². The van der Waals surface area contributed by atoms with E-state index in [1.807, 2.05) is 42.2 Å². The fraction of sp³-hybridized carbons (Fsp3) is 0.381. The van der Waals surface area contributed by atoms with Gasteiger partial charge in [-0.2, -0.15) is 4.31 Å². The van der Waals surface area contributed by atoms with Crippen LogP contribution in [0.5, 0.6) is 0 Å². The SMILES string of the molecule is C[C@@H](C(=O)NCCc1ccccc1)N1CCN(S(=O)(=O)c2ccccc2)CC1. The first kappa shape index (κ1) is 20.5. The van der Waals surface area contributed by atoms with Gasteiger partial charge in [0, 0.05) is 32.7 Å². The van der Waals surface area contributed by atoms with Crippen molar-refractivity contribution in [3.8, 4) is 0 Å². The number of nitrogens with one attached hydrogen (secondary N) is 1. The minimum atomic E-state index is -3.47. The van der Waals surface area contributed by atoms with Gasteiger partial charge in [-0.05, 0) is 31.0 Å². The van der Waals surface area contributed by atoms with Crippen LogP contribution in [0.2, 0.25) is 0 Å². The molecule has 0 aromatic heterocycles. The van der Waals surface area contributed by atoms with Crippen molar-refractivity contribution in [3.05, 3.63) is 66.2 Å². The Labute approximate surface area is 167 Å². The molecule has 1 atom stereocenters. The van der Waals surface area contributed by atoms with Crippen molar-refractivity contribution in [2.75, 3.05) is 32.7 Å². The number of carbonyl (C=O) groups excluding carboxylic acids is 1. The quantitative estimate of drug-likeness (QED) is 0.767. The molecule has 2 aromatic rings. The monoisotopic (exact) mass is 401 g/mol. The Hall–Kier alpha value is -2.22. The van der Waals surface area contributed by atoms with Gasteiger partial charge in [-0.15, -0.1) is 0 Å². The first-order valence-corrected chi connectivity index (χ1v) is 11.0. The maximum atomic E-state index is 12.7. The molecule has 150 valence electrons. The molecular formula is C21H27N3O3S. The molecule has 28 heavy (non-hydrogen) atoms. The lowest BCUT2D eigenvalue weighted by Crippen LogP contribution is -2.55. The highest BCUT2D eigenvalue weighted by molar-refractivity contribution is 7.89. The number of benzene rings is 2. The largest absolute Gasteiger partial charge is 0.354 e. The summed E-state index contributed by atoms with van der Waals surface area (Å²) < 4.78 is 26.9. The van der Waals surface area contributed by atoms with Crippen LogP contribution in [0.25, 0.3) is 0 Å². The fourth-order valence-corrected chi connectivity index (χ4v) is 4.80. The van der Waals surface area contributed by atoms with Gasteiger partial charge in [0.15, 0.2) is 0 Å². The molecule has 0 bridgehead atoms. The fourth-order valence-electron chi connectivity index (χ4n) is 3.36. The van der Waals surface area contributed by atoms with Crippen molar-refractivity contribution in [2.24, 2.45) is 0 Å². The van der Waals surface area contributed by atoms with E-state index in [0.717, 1.165) is 6.42 Å². The number of sulfonamides is 1. The standard InChI is InChI=1S/C21H27N3O3S/c1-18(21(25)22-13-12-19-8-4-2-5-9-19)23-14-16-24(17-15-23)28(26,27)20-10-6-3-7-11-20/h2-11,18H,12-17H2,1H3,(H,22,25)/t18-/m0/s1. The van der Waals surface area contributed by atoms with Crippen LogP contribution in [0, 0.1) is 0 Å². The van der Waals surface area contributed by atoms with Gasteiger partial charge in [-0.1, -0.05) is 48.5 Å². The summed E-state index contributed by atoms with van der Waals surface area (Å²) >= 11 is 0. The average Bonchev–Trinajstić information content (AvgIpc) is 2.74. The molecule has 1 N–H and O–H groups in total. The Bertz CT molecular complexity index is 864. The van der Waals surface area contributed by atoms with E-state index in [1.165, 1.54) is 9.87 Å².